The van der Waals surface area contributed by atoms with Crippen molar-refractivity contribution >= 4 is 34.8 Å². The predicted octanol–water partition coefficient (Wildman–Crippen LogP) is 4.34. The zero-order valence-electron chi connectivity index (χ0n) is 19.2. The lowest BCUT2D eigenvalue weighted by atomic mass is 9.83. The number of alkyl halides is 1. The fourth-order valence-electron chi connectivity index (χ4n) is 2.80. The van der Waals surface area contributed by atoms with Crippen molar-refractivity contribution < 1.29 is 19.4 Å². The minimum absolute atomic E-state index is 0.0762. The molecule has 0 heterocycles. The Morgan fingerprint density at radius 2 is 1.59 bits per heavy atom. The van der Waals surface area contributed by atoms with E-state index in [9.17, 15) is 9.59 Å². The predicted molar refractivity (Wildman–Crippen MR) is 121 cm³/mol. The number of carbonyl (C=O) groups excluding carboxylic acids is 2. The molecule has 5 nitrogen and oxygen atoms in total. The molecule has 0 aliphatic carbocycles. The Kier molecular flexibility index (Phi) is 12.6. The van der Waals surface area contributed by atoms with E-state index in [2.05, 4.69) is 50.3 Å². The third-order valence-electron chi connectivity index (χ3n) is 4.71. The number of nitrogens with zero attached hydrogens (tertiary/aromatic N) is 1. The van der Waals surface area contributed by atoms with Gasteiger partial charge in [0.25, 0.3) is 0 Å². The number of aliphatic hydroxyl groups excluding tert-OH is 1. The molecular weight excluding hydrogens is 457 g/mol. The lowest BCUT2D eigenvalue weighted by Crippen LogP contribution is -2.49. The molecular formula is C21H42INO4. The molecule has 6 heteroatoms. The van der Waals surface area contributed by atoms with Gasteiger partial charge in [-0.3, -0.25) is 4.79 Å². The Hall–Kier alpha value is -0.210. The molecule has 0 aromatic heterocycles. The van der Waals surface area contributed by atoms with E-state index in [0.29, 0.717) is 0 Å². The number of aliphatic hydroxyl groups is 1. The van der Waals surface area contributed by atoms with Crippen LogP contribution in [0.15, 0.2) is 0 Å². The summed E-state index contributed by atoms with van der Waals surface area (Å²) in [4.78, 5) is 24.3. The van der Waals surface area contributed by atoms with Gasteiger partial charge in [-0.2, -0.15) is 0 Å². The monoisotopic (exact) mass is 499 g/mol. The molecule has 4 atom stereocenters. The lowest BCUT2D eigenvalue weighted by molar-refractivity contribution is -0.146. The number of halogens is 1. The van der Waals surface area contributed by atoms with Crippen molar-refractivity contribution in [1.29, 1.82) is 0 Å². The summed E-state index contributed by atoms with van der Waals surface area (Å²) in [6.45, 7) is 18.8. The molecule has 0 radical (unpaired) electrons. The normalized spacial score (nSPS) is 17.7. The highest BCUT2D eigenvalue weighted by atomic mass is 127. The number of carbonyl (C=O) groups is 2. The molecule has 1 N–H and O–H groups in total. The molecule has 0 bridgehead atoms. The summed E-state index contributed by atoms with van der Waals surface area (Å²) in [5, 5.41) is 8.59. The molecule has 27 heavy (non-hydrogen) atoms. The van der Waals surface area contributed by atoms with Crippen molar-refractivity contribution in [2.75, 3.05) is 20.7 Å². The largest absolute Gasteiger partial charge is 0.393 e. The van der Waals surface area contributed by atoms with Gasteiger partial charge in [0.2, 0.25) is 5.91 Å². The second-order valence-corrected chi connectivity index (χ2v) is 12.3. The number of amides is 1. The Balaban J connectivity index is 0. The molecule has 0 spiro atoms. The first kappa shape index (κ1) is 29.0. The topological polar surface area (TPSA) is 66.8 Å². The van der Waals surface area contributed by atoms with Crippen LogP contribution in [-0.4, -0.2) is 58.5 Å². The van der Waals surface area contributed by atoms with Crippen LogP contribution in [0.1, 0.15) is 68.7 Å². The average molecular weight is 499 g/mol. The van der Waals surface area contributed by atoms with Crippen LogP contribution >= 0.6 is 22.6 Å². The third kappa shape index (κ3) is 12.1. The third-order valence-corrected chi connectivity index (χ3v) is 5.43. The van der Waals surface area contributed by atoms with Crippen LogP contribution in [0.4, 0.5) is 0 Å². The summed E-state index contributed by atoms with van der Waals surface area (Å²) in [5.41, 5.74) is -0.243. The number of hydrogen-bond donors (Lipinski definition) is 1. The van der Waals surface area contributed by atoms with E-state index in [0.717, 1.165) is 19.3 Å². The molecule has 0 aliphatic heterocycles. The number of methoxy groups -OCH3 is 1. The van der Waals surface area contributed by atoms with Crippen LogP contribution in [0.5, 0.6) is 0 Å². The number of ether oxygens (including phenoxy) is 1. The van der Waals surface area contributed by atoms with Gasteiger partial charge in [-0.05, 0) is 46.5 Å². The fourth-order valence-corrected chi connectivity index (χ4v) is 4.46. The van der Waals surface area contributed by atoms with E-state index in [1.807, 2.05) is 32.7 Å². The van der Waals surface area contributed by atoms with Gasteiger partial charge in [0.1, 0.15) is 6.29 Å². The fraction of sp³-hybridized carbons (Fsp3) is 0.905. The summed E-state index contributed by atoms with van der Waals surface area (Å²) in [5.74, 6) is -0.0800. The highest BCUT2D eigenvalue weighted by Gasteiger charge is 2.38. The number of hydrogen-bond acceptors (Lipinski definition) is 4. The number of aldehydes is 1. The Bertz CT molecular complexity index is 456. The van der Waals surface area contributed by atoms with Gasteiger partial charge in [0.05, 0.1) is 17.6 Å². The Labute approximate surface area is 180 Å². The summed E-state index contributed by atoms with van der Waals surface area (Å²) in [6.07, 6.45) is 1.21. The molecule has 0 rings (SSSR count). The molecule has 0 aromatic carbocycles. The van der Waals surface area contributed by atoms with E-state index in [4.69, 9.17) is 9.84 Å². The lowest BCUT2D eigenvalue weighted by Gasteiger charge is -2.38. The van der Waals surface area contributed by atoms with Gasteiger partial charge >= 0.3 is 0 Å². The smallest absolute Gasteiger partial charge is 0.230 e. The maximum Gasteiger partial charge on any atom is 0.230 e. The van der Waals surface area contributed by atoms with Gasteiger partial charge in [-0.15, -0.1) is 0 Å². The van der Waals surface area contributed by atoms with E-state index in [1.54, 1.807) is 21.0 Å². The second kappa shape index (κ2) is 11.7. The van der Waals surface area contributed by atoms with Crippen molar-refractivity contribution in [3.63, 3.8) is 0 Å². The minimum atomic E-state index is -0.502. The zero-order chi connectivity index (χ0) is 22.2. The molecule has 0 saturated heterocycles. The summed E-state index contributed by atoms with van der Waals surface area (Å²) < 4.78 is 5.42. The van der Waals surface area contributed by atoms with Gasteiger partial charge in [0, 0.05) is 30.0 Å². The van der Waals surface area contributed by atoms with E-state index < -0.39 is 11.5 Å². The SMILES string of the molecule is CC(O)C(C)C=O.COC(C)C(C)(C)C(=O)N(C)CC(C)(I)CC(C)(C)C. The molecule has 4 unspecified atom stereocenters. The molecule has 0 fully saturated rings. The summed E-state index contributed by atoms with van der Waals surface area (Å²) in [7, 11) is 3.55. The summed E-state index contributed by atoms with van der Waals surface area (Å²) >= 11 is 2.48. The van der Waals surface area contributed by atoms with Crippen molar-refractivity contribution in [2.45, 2.75) is 84.4 Å². The Morgan fingerprint density at radius 3 is 1.85 bits per heavy atom. The highest BCUT2D eigenvalue weighted by molar-refractivity contribution is 14.1. The van der Waals surface area contributed by atoms with Gasteiger partial charge in [-0.1, -0.05) is 50.3 Å². The molecule has 162 valence electrons. The van der Waals surface area contributed by atoms with Crippen LogP contribution in [-0.2, 0) is 14.3 Å². The average Bonchev–Trinajstić information content (AvgIpc) is 2.49. The first-order valence-electron chi connectivity index (χ1n) is 9.52. The quantitative estimate of drug-likeness (QED) is 0.307. The minimum Gasteiger partial charge on any atom is -0.393 e. The van der Waals surface area contributed by atoms with Crippen molar-refractivity contribution in [3.05, 3.63) is 0 Å². The number of rotatable bonds is 8. The van der Waals surface area contributed by atoms with E-state index >= 15 is 0 Å². The molecule has 0 aliphatic rings. The van der Waals surface area contributed by atoms with Crippen LogP contribution < -0.4 is 0 Å². The van der Waals surface area contributed by atoms with E-state index in [1.165, 1.54) is 0 Å². The molecule has 0 saturated carbocycles. The first-order chi connectivity index (χ1) is 11.9. The maximum absolute atomic E-state index is 12.7. The van der Waals surface area contributed by atoms with Gasteiger partial charge < -0.3 is 19.5 Å². The standard InChI is InChI=1S/C16H32INO2.C5H10O2/c1-12(20-9)15(5,6)13(19)18(8)11-16(7,17)10-14(2,3)4;1-4(3-6)5(2)7/h12H,10-11H2,1-9H3;3-5,7H,1-2H3. The molecule has 0 aromatic rings. The van der Waals surface area contributed by atoms with Crippen molar-refractivity contribution in [2.24, 2.45) is 16.7 Å². The van der Waals surface area contributed by atoms with Crippen LogP contribution in [0.3, 0.4) is 0 Å². The highest BCUT2D eigenvalue weighted by Crippen LogP contribution is 2.35. The van der Waals surface area contributed by atoms with E-state index in [-0.39, 0.29) is 26.8 Å². The van der Waals surface area contributed by atoms with Crippen LogP contribution in [0.2, 0.25) is 0 Å². The van der Waals surface area contributed by atoms with Crippen LogP contribution in [0.25, 0.3) is 0 Å². The maximum atomic E-state index is 12.7. The van der Waals surface area contributed by atoms with Crippen LogP contribution in [0, 0.1) is 16.7 Å². The molecule has 1 amide bonds. The second-order valence-electron chi connectivity index (χ2n) is 9.65. The zero-order valence-corrected chi connectivity index (χ0v) is 21.4. The van der Waals surface area contributed by atoms with Gasteiger partial charge in [0.15, 0.2) is 0 Å². The summed E-state index contributed by atoms with van der Waals surface area (Å²) in [6, 6.07) is 0. The first-order valence-corrected chi connectivity index (χ1v) is 10.6. The van der Waals surface area contributed by atoms with Crippen molar-refractivity contribution in [1.82, 2.24) is 4.90 Å². The Morgan fingerprint density at radius 1 is 1.15 bits per heavy atom. The van der Waals surface area contributed by atoms with Gasteiger partial charge in [-0.25, -0.2) is 0 Å². The van der Waals surface area contributed by atoms with Crippen molar-refractivity contribution in [3.8, 4) is 0 Å².